The molecule has 0 bridgehead atoms. The summed E-state index contributed by atoms with van der Waals surface area (Å²) < 4.78 is 0. The molecule has 1 atom stereocenters. The predicted octanol–water partition coefficient (Wildman–Crippen LogP) is 4.90. The Kier molecular flexibility index (Phi) is 3.88. The Balaban J connectivity index is 2.57. The van der Waals surface area contributed by atoms with Gasteiger partial charge in [-0.1, -0.05) is 59.1 Å². The number of benzene rings is 2. The Morgan fingerprint density at radius 2 is 1.67 bits per heavy atom. The largest absolute Gasteiger partial charge is 0.381 e. The van der Waals surface area contributed by atoms with Crippen molar-refractivity contribution < 1.29 is 5.11 Å². The van der Waals surface area contributed by atoms with E-state index >= 15 is 0 Å². The minimum Gasteiger partial charge on any atom is -0.381 e. The van der Waals surface area contributed by atoms with Gasteiger partial charge in [0, 0.05) is 10.6 Å². The third kappa shape index (κ3) is 2.50. The zero-order valence-electron chi connectivity index (χ0n) is 9.62. The van der Waals surface area contributed by atoms with Gasteiger partial charge in [0.15, 0.2) is 0 Å². The molecule has 0 amide bonds. The first kappa shape index (κ1) is 13.7. The van der Waals surface area contributed by atoms with Crippen LogP contribution in [0.15, 0.2) is 42.5 Å². The van der Waals surface area contributed by atoms with Gasteiger partial charge < -0.3 is 5.11 Å². The zero-order chi connectivity index (χ0) is 13.3. The van der Waals surface area contributed by atoms with Gasteiger partial charge in [0.25, 0.3) is 0 Å². The predicted molar refractivity (Wildman–Crippen MR) is 76.6 cm³/mol. The van der Waals surface area contributed by atoms with Crippen LogP contribution in [0.3, 0.4) is 0 Å². The minimum absolute atomic E-state index is 0.351. The summed E-state index contributed by atoms with van der Waals surface area (Å²) >= 11 is 18.1. The van der Waals surface area contributed by atoms with E-state index < -0.39 is 5.60 Å². The van der Waals surface area contributed by atoms with Crippen LogP contribution >= 0.6 is 34.8 Å². The first-order valence-electron chi connectivity index (χ1n) is 5.36. The highest BCUT2D eigenvalue weighted by molar-refractivity contribution is 6.42. The van der Waals surface area contributed by atoms with Gasteiger partial charge in [-0.3, -0.25) is 0 Å². The zero-order valence-corrected chi connectivity index (χ0v) is 11.9. The smallest absolute Gasteiger partial charge is 0.113 e. The fraction of sp³-hybridized carbons (Fsp3) is 0.143. The molecule has 0 radical (unpaired) electrons. The molecule has 94 valence electrons. The van der Waals surface area contributed by atoms with E-state index in [1.54, 1.807) is 49.4 Å². The third-order valence-corrected chi connectivity index (χ3v) is 3.92. The molecule has 1 unspecified atom stereocenters. The number of hydrogen-bond acceptors (Lipinski definition) is 1. The second-order valence-electron chi connectivity index (χ2n) is 4.18. The summed E-state index contributed by atoms with van der Waals surface area (Å²) in [7, 11) is 0. The highest BCUT2D eigenvalue weighted by Gasteiger charge is 2.28. The van der Waals surface area contributed by atoms with Crippen LogP contribution in [0.1, 0.15) is 18.1 Å². The molecule has 0 spiro atoms. The van der Waals surface area contributed by atoms with Crippen LogP contribution in [0.5, 0.6) is 0 Å². The van der Waals surface area contributed by atoms with E-state index in [1.807, 2.05) is 0 Å². The van der Waals surface area contributed by atoms with Gasteiger partial charge in [-0.2, -0.15) is 0 Å². The van der Waals surface area contributed by atoms with Gasteiger partial charge >= 0.3 is 0 Å². The average molecular weight is 302 g/mol. The molecule has 0 aliphatic rings. The molecular formula is C14H11Cl3O. The van der Waals surface area contributed by atoms with Crippen molar-refractivity contribution >= 4 is 34.8 Å². The van der Waals surface area contributed by atoms with Crippen LogP contribution in [-0.2, 0) is 5.60 Å². The molecule has 2 aromatic rings. The Morgan fingerprint density at radius 3 is 2.33 bits per heavy atom. The normalized spacial score (nSPS) is 14.3. The molecule has 0 saturated heterocycles. The van der Waals surface area contributed by atoms with Gasteiger partial charge in [-0.25, -0.2) is 0 Å². The molecule has 0 fully saturated rings. The lowest BCUT2D eigenvalue weighted by molar-refractivity contribution is 0.102. The Bertz CT molecular complexity index is 579. The molecule has 4 heteroatoms. The monoisotopic (exact) mass is 300 g/mol. The van der Waals surface area contributed by atoms with Crippen LogP contribution in [0.2, 0.25) is 15.1 Å². The highest BCUT2D eigenvalue weighted by atomic mass is 35.5. The van der Waals surface area contributed by atoms with Crippen LogP contribution in [-0.4, -0.2) is 5.11 Å². The molecule has 0 aromatic heterocycles. The molecule has 0 heterocycles. The molecule has 0 aliphatic heterocycles. The van der Waals surface area contributed by atoms with Crippen LogP contribution < -0.4 is 0 Å². The fourth-order valence-electron chi connectivity index (χ4n) is 1.83. The van der Waals surface area contributed by atoms with Gasteiger partial charge in [0.2, 0.25) is 0 Å². The van der Waals surface area contributed by atoms with E-state index in [4.69, 9.17) is 34.8 Å². The summed E-state index contributed by atoms with van der Waals surface area (Å²) in [5.41, 5.74) is -0.0227. The second kappa shape index (κ2) is 5.10. The quantitative estimate of drug-likeness (QED) is 0.836. The van der Waals surface area contributed by atoms with Gasteiger partial charge in [-0.15, -0.1) is 0 Å². The Hall–Kier alpha value is -0.730. The maximum Gasteiger partial charge on any atom is 0.113 e. The number of halogens is 3. The topological polar surface area (TPSA) is 20.2 Å². The summed E-state index contributed by atoms with van der Waals surface area (Å²) in [5.74, 6) is 0. The van der Waals surface area contributed by atoms with E-state index in [0.717, 1.165) is 0 Å². The van der Waals surface area contributed by atoms with E-state index in [0.29, 0.717) is 26.2 Å². The Morgan fingerprint density at radius 1 is 1.00 bits per heavy atom. The molecule has 2 aromatic carbocycles. The lowest BCUT2D eigenvalue weighted by Crippen LogP contribution is -2.23. The lowest BCUT2D eigenvalue weighted by atomic mass is 9.88. The summed E-state index contributed by atoms with van der Waals surface area (Å²) in [5, 5.41) is 12.0. The van der Waals surface area contributed by atoms with Gasteiger partial charge in [0.1, 0.15) is 5.60 Å². The van der Waals surface area contributed by atoms with Crippen molar-refractivity contribution in [2.45, 2.75) is 12.5 Å². The maximum absolute atomic E-state index is 10.7. The number of rotatable bonds is 2. The molecule has 1 nitrogen and oxygen atoms in total. The Labute approximate surface area is 121 Å². The van der Waals surface area contributed by atoms with Crippen LogP contribution in [0.25, 0.3) is 0 Å². The van der Waals surface area contributed by atoms with Gasteiger partial charge in [0.05, 0.1) is 10.0 Å². The lowest BCUT2D eigenvalue weighted by Gasteiger charge is -2.26. The third-order valence-electron chi connectivity index (χ3n) is 2.86. The number of aliphatic hydroxyl groups is 1. The molecule has 0 saturated carbocycles. The molecular weight excluding hydrogens is 291 g/mol. The van der Waals surface area contributed by atoms with Crippen molar-refractivity contribution in [1.29, 1.82) is 0 Å². The van der Waals surface area contributed by atoms with Crippen molar-refractivity contribution in [1.82, 2.24) is 0 Å². The van der Waals surface area contributed by atoms with Crippen LogP contribution in [0.4, 0.5) is 0 Å². The molecule has 0 aliphatic carbocycles. The maximum atomic E-state index is 10.7. The van der Waals surface area contributed by atoms with E-state index in [-0.39, 0.29) is 0 Å². The van der Waals surface area contributed by atoms with Crippen LogP contribution in [0, 0.1) is 0 Å². The van der Waals surface area contributed by atoms with E-state index in [9.17, 15) is 5.11 Å². The summed E-state index contributed by atoms with van der Waals surface area (Å²) in [6, 6.07) is 12.2. The first-order chi connectivity index (χ1) is 8.43. The fourth-order valence-corrected chi connectivity index (χ4v) is 2.50. The summed E-state index contributed by atoms with van der Waals surface area (Å²) in [6.45, 7) is 1.66. The standard InChI is InChI=1S/C14H11Cl3O/c1-14(18,9-4-2-5-10(15)8-9)11-6-3-7-12(16)13(11)17/h2-8,18H,1H3. The van der Waals surface area contributed by atoms with Crippen molar-refractivity contribution in [3.8, 4) is 0 Å². The average Bonchev–Trinajstić information content (AvgIpc) is 2.32. The number of hydrogen-bond donors (Lipinski definition) is 1. The second-order valence-corrected chi connectivity index (χ2v) is 5.41. The van der Waals surface area contributed by atoms with Crippen molar-refractivity contribution in [2.24, 2.45) is 0 Å². The van der Waals surface area contributed by atoms with Crippen molar-refractivity contribution in [3.63, 3.8) is 0 Å². The molecule has 2 rings (SSSR count). The summed E-state index contributed by atoms with van der Waals surface area (Å²) in [4.78, 5) is 0. The van der Waals surface area contributed by atoms with Crippen molar-refractivity contribution in [3.05, 3.63) is 68.7 Å². The van der Waals surface area contributed by atoms with E-state index in [1.165, 1.54) is 0 Å². The molecule has 1 N–H and O–H groups in total. The van der Waals surface area contributed by atoms with Gasteiger partial charge in [-0.05, 0) is 30.7 Å². The molecule has 18 heavy (non-hydrogen) atoms. The minimum atomic E-state index is -1.24. The highest BCUT2D eigenvalue weighted by Crippen LogP contribution is 2.37. The van der Waals surface area contributed by atoms with Crippen molar-refractivity contribution in [2.75, 3.05) is 0 Å². The summed E-state index contributed by atoms with van der Waals surface area (Å²) in [6.07, 6.45) is 0. The first-order valence-corrected chi connectivity index (χ1v) is 6.49. The SMILES string of the molecule is CC(O)(c1cccc(Cl)c1)c1cccc(Cl)c1Cl. The van der Waals surface area contributed by atoms with E-state index in [2.05, 4.69) is 0 Å².